The van der Waals surface area contributed by atoms with Crippen LogP contribution in [0.15, 0.2) is 55.0 Å². The Morgan fingerprint density at radius 1 is 1.00 bits per heavy atom. The third-order valence-electron chi connectivity index (χ3n) is 6.28. The van der Waals surface area contributed by atoms with Crippen LogP contribution in [0.25, 0.3) is 22.2 Å². The summed E-state index contributed by atoms with van der Waals surface area (Å²) in [5.41, 5.74) is 3.58. The predicted molar refractivity (Wildman–Crippen MR) is 151 cm³/mol. The molecule has 1 aliphatic rings. The number of halogens is 2. The maximum atomic E-state index is 12.2. The summed E-state index contributed by atoms with van der Waals surface area (Å²) in [6, 6.07) is 11.4. The third-order valence-corrected chi connectivity index (χ3v) is 6.91. The van der Waals surface area contributed by atoms with Crippen molar-refractivity contribution in [3.8, 4) is 23.0 Å². The van der Waals surface area contributed by atoms with Gasteiger partial charge in [-0.25, -0.2) is 14.8 Å². The molecule has 1 saturated heterocycles. The number of fused-ring (bicyclic) bond motifs is 1. The topological polar surface area (TPSA) is 74.3 Å². The number of nitrogens with zero attached hydrogens (tertiary/aromatic N) is 4. The monoisotopic (exact) mass is 547 g/mol. The van der Waals surface area contributed by atoms with Gasteiger partial charge in [-0.2, -0.15) is 0 Å². The lowest BCUT2D eigenvalue weighted by Crippen LogP contribution is -2.48. The number of benzene rings is 1. The Morgan fingerprint density at radius 2 is 1.74 bits per heavy atom. The molecule has 1 aromatic carbocycles. The number of aromatic nitrogens is 3. The molecule has 1 aliphatic heterocycles. The average molecular weight is 548 g/mol. The average Bonchev–Trinajstić information content (AvgIpc) is 3.30. The molecule has 0 saturated carbocycles. The molecule has 38 heavy (non-hydrogen) atoms. The molecule has 0 bridgehead atoms. The van der Waals surface area contributed by atoms with Crippen LogP contribution in [0, 0.1) is 17.3 Å². The Bertz CT molecular complexity index is 1540. The molecule has 0 spiro atoms. The first kappa shape index (κ1) is 26.1. The number of hydrogen-bond acceptors (Lipinski definition) is 6. The lowest BCUT2D eigenvalue weighted by atomic mass is 9.98. The van der Waals surface area contributed by atoms with Crippen molar-refractivity contribution in [2.24, 2.45) is 5.41 Å². The Hall–Kier alpha value is -3.57. The van der Waals surface area contributed by atoms with Crippen molar-refractivity contribution in [1.29, 1.82) is 0 Å². The molecule has 4 aromatic rings. The number of aromatic amines is 1. The Morgan fingerprint density at radius 3 is 2.45 bits per heavy atom. The SMILES string of the molecule is CC(C)(C)C(=O)ON1CCN(c2cc(-c3cnc4[nH]cc(C#Cc5c(Cl)cccc5Cl)c4c3)ccn2)CC1. The van der Waals surface area contributed by atoms with Crippen LogP contribution in [0.5, 0.6) is 0 Å². The minimum absolute atomic E-state index is 0.224. The van der Waals surface area contributed by atoms with Gasteiger partial charge < -0.3 is 14.7 Å². The summed E-state index contributed by atoms with van der Waals surface area (Å²) in [5, 5.41) is 3.67. The van der Waals surface area contributed by atoms with E-state index in [1.807, 2.05) is 39.2 Å². The fraction of sp³-hybridized carbons (Fsp3) is 0.276. The molecule has 7 nitrogen and oxygen atoms in total. The summed E-state index contributed by atoms with van der Waals surface area (Å²) < 4.78 is 0. The number of anilines is 1. The summed E-state index contributed by atoms with van der Waals surface area (Å²) >= 11 is 12.6. The fourth-order valence-electron chi connectivity index (χ4n) is 4.05. The van der Waals surface area contributed by atoms with Crippen molar-refractivity contribution in [3.63, 3.8) is 0 Å². The van der Waals surface area contributed by atoms with Crippen molar-refractivity contribution in [2.45, 2.75) is 20.8 Å². The van der Waals surface area contributed by atoms with Gasteiger partial charge in [0.1, 0.15) is 11.5 Å². The van der Waals surface area contributed by atoms with Gasteiger partial charge in [0.05, 0.1) is 39.7 Å². The van der Waals surface area contributed by atoms with E-state index in [0.717, 1.165) is 33.5 Å². The van der Waals surface area contributed by atoms with Gasteiger partial charge in [-0.05, 0) is 56.7 Å². The van der Waals surface area contributed by atoms with Crippen molar-refractivity contribution in [3.05, 3.63) is 76.2 Å². The van der Waals surface area contributed by atoms with Gasteiger partial charge in [0.15, 0.2) is 0 Å². The molecule has 0 amide bonds. The second-order valence-electron chi connectivity index (χ2n) is 10.1. The smallest absolute Gasteiger partial charge is 0.330 e. The summed E-state index contributed by atoms with van der Waals surface area (Å²) in [5.74, 6) is 6.92. The summed E-state index contributed by atoms with van der Waals surface area (Å²) in [6.07, 6.45) is 5.48. The molecule has 1 N–H and O–H groups in total. The van der Waals surface area contributed by atoms with E-state index < -0.39 is 5.41 Å². The van der Waals surface area contributed by atoms with E-state index in [-0.39, 0.29) is 5.97 Å². The summed E-state index contributed by atoms with van der Waals surface area (Å²) in [6.45, 7) is 8.19. The maximum absolute atomic E-state index is 12.2. The number of carbonyl (C=O) groups is 1. The highest BCUT2D eigenvalue weighted by Gasteiger charge is 2.28. The van der Waals surface area contributed by atoms with Gasteiger partial charge in [0.25, 0.3) is 0 Å². The molecular weight excluding hydrogens is 521 g/mol. The van der Waals surface area contributed by atoms with Crippen LogP contribution in [-0.4, -0.2) is 52.2 Å². The second-order valence-corrected chi connectivity index (χ2v) is 10.9. The molecule has 9 heteroatoms. The largest absolute Gasteiger partial charge is 0.367 e. The number of nitrogens with one attached hydrogen (secondary N) is 1. The van der Waals surface area contributed by atoms with Crippen molar-refractivity contribution < 1.29 is 9.63 Å². The van der Waals surface area contributed by atoms with Gasteiger partial charge in [-0.3, -0.25) is 0 Å². The van der Waals surface area contributed by atoms with E-state index >= 15 is 0 Å². The minimum Gasteiger partial charge on any atom is -0.367 e. The Labute approximate surface area is 231 Å². The quantitative estimate of drug-likeness (QED) is 0.319. The molecule has 3 aromatic heterocycles. The van der Waals surface area contributed by atoms with Crippen LogP contribution < -0.4 is 4.90 Å². The number of rotatable bonds is 3. The van der Waals surface area contributed by atoms with Crippen LogP contribution >= 0.6 is 23.2 Å². The number of hydroxylamine groups is 2. The molecule has 0 unspecified atom stereocenters. The number of hydrogen-bond donors (Lipinski definition) is 1. The van der Waals surface area contributed by atoms with Gasteiger partial charge in [-0.15, -0.1) is 5.06 Å². The van der Waals surface area contributed by atoms with Crippen LogP contribution in [0.4, 0.5) is 5.82 Å². The standard InChI is InChI=1S/C29H27Cl2N5O2/c1-29(2,3)28(37)38-36-13-11-35(12-14-36)26-16-19(9-10-32-26)21-15-23-20(17-33-27(23)34-18-21)7-8-22-24(30)5-4-6-25(22)31/h4-6,9-10,15-18H,11-14H2,1-3H3,(H,33,34). The molecule has 0 atom stereocenters. The lowest BCUT2D eigenvalue weighted by Gasteiger charge is -2.35. The fourth-order valence-corrected chi connectivity index (χ4v) is 4.54. The molecular formula is C29H27Cl2N5O2. The lowest BCUT2D eigenvalue weighted by molar-refractivity contribution is -0.201. The Balaban J connectivity index is 1.35. The number of pyridine rings is 2. The van der Waals surface area contributed by atoms with Crippen LogP contribution in [0.1, 0.15) is 31.9 Å². The molecule has 1 fully saturated rings. The molecule has 194 valence electrons. The van der Waals surface area contributed by atoms with Crippen molar-refractivity contribution in [1.82, 2.24) is 20.0 Å². The van der Waals surface area contributed by atoms with Crippen LogP contribution in [0.2, 0.25) is 10.0 Å². The molecule has 4 heterocycles. The maximum Gasteiger partial charge on any atom is 0.330 e. The minimum atomic E-state index is -0.533. The zero-order chi connectivity index (χ0) is 26.9. The molecule has 5 rings (SSSR count). The number of H-pyrrole nitrogens is 1. The van der Waals surface area contributed by atoms with E-state index in [1.165, 1.54) is 0 Å². The van der Waals surface area contributed by atoms with Crippen molar-refractivity contribution >= 4 is 46.0 Å². The third kappa shape index (κ3) is 5.63. The highest BCUT2D eigenvalue weighted by Crippen LogP contribution is 2.28. The first-order chi connectivity index (χ1) is 18.2. The first-order valence-electron chi connectivity index (χ1n) is 12.3. The van der Waals surface area contributed by atoms with E-state index in [0.29, 0.717) is 41.8 Å². The van der Waals surface area contributed by atoms with Gasteiger partial charge >= 0.3 is 5.97 Å². The molecule has 0 aliphatic carbocycles. The predicted octanol–water partition coefficient (Wildman–Crippen LogP) is 5.96. The molecule has 0 radical (unpaired) electrons. The highest BCUT2D eigenvalue weighted by molar-refractivity contribution is 6.36. The van der Waals surface area contributed by atoms with Crippen LogP contribution in [-0.2, 0) is 9.63 Å². The zero-order valence-corrected chi connectivity index (χ0v) is 22.9. The van der Waals surface area contributed by atoms with Crippen molar-refractivity contribution in [2.75, 3.05) is 31.1 Å². The zero-order valence-electron chi connectivity index (χ0n) is 21.4. The van der Waals surface area contributed by atoms with Gasteiger partial charge in [0, 0.05) is 42.6 Å². The number of piperazine rings is 1. The normalized spacial score (nSPS) is 14.3. The van der Waals surface area contributed by atoms with E-state index in [2.05, 4.69) is 43.8 Å². The first-order valence-corrected chi connectivity index (χ1v) is 13.1. The van der Waals surface area contributed by atoms with E-state index in [1.54, 1.807) is 29.5 Å². The number of carbonyl (C=O) groups excluding carboxylic acids is 1. The van der Waals surface area contributed by atoms with Gasteiger partial charge in [-0.1, -0.05) is 41.1 Å². The van der Waals surface area contributed by atoms with E-state index in [4.69, 9.17) is 28.0 Å². The summed E-state index contributed by atoms with van der Waals surface area (Å²) in [7, 11) is 0. The Kier molecular flexibility index (Phi) is 7.31. The summed E-state index contributed by atoms with van der Waals surface area (Å²) in [4.78, 5) is 32.3. The second kappa shape index (κ2) is 10.7. The van der Waals surface area contributed by atoms with Gasteiger partial charge in [0.2, 0.25) is 0 Å². The van der Waals surface area contributed by atoms with E-state index in [9.17, 15) is 4.79 Å². The highest BCUT2D eigenvalue weighted by atomic mass is 35.5. The van der Waals surface area contributed by atoms with Crippen LogP contribution in [0.3, 0.4) is 0 Å².